The molecule has 1 fully saturated rings. The van der Waals surface area contributed by atoms with E-state index in [9.17, 15) is 4.79 Å². The van der Waals surface area contributed by atoms with Crippen LogP contribution in [0.15, 0.2) is 78.9 Å². The van der Waals surface area contributed by atoms with Gasteiger partial charge >= 0.3 is 0 Å². The summed E-state index contributed by atoms with van der Waals surface area (Å²) in [6, 6.07) is 25.8. The fourth-order valence-electron chi connectivity index (χ4n) is 4.10. The molecule has 0 radical (unpaired) electrons. The summed E-state index contributed by atoms with van der Waals surface area (Å²) < 4.78 is 0. The molecule has 4 rings (SSSR count). The molecule has 28 heavy (non-hydrogen) atoms. The fraction of sp³-hybridized carbons (Fsp3) is 0.208. The van der Waals surface area contributed by atoms with Crippen LogP contribution in [0.25, 0.3) is 0 Å². The van der Waals surface area contributed by atoms with Crippen LogP contribution in [0.5, 0.6) is 0 Å². The van der Waals surface area contributed by atoms with Crippen molar-refractivity contribution in [2.75, 3.05) is 4.90 Å². The van der Waals surface area contributed by atoms with Gasteiger partial charge in [-0.1, -0.05) is 72.6 Å². The van der Waals surface area contributed by atoms with E-state index in [1.807, 2.05) is 73.7 Å². The smallest absolute Gasteiger partial charge is 0.140 e. The lowest BCUT2D eigenvalue weighted by atomic mass is 9.79. The summed E-state index contributed by atoms with van der Waals surface area (Å²) in [7, 11) is 0. The third kappa shape index (κ3) is 3.67. The van der Waals surface area contributed by atoms with E-state index in [0.717, 1.165) is 16.8 Å². The van der Waals surface area contributed by atoms with E-state index >= 15 is 0 Å². The zero-order valence-corrected chi connectivity index (χ0v) is 17.1. The van der Waals surface area contributed by atoms with Crippen LogP contribution in [0, 0.1) is 5.92 Å². The van der Waals surface area contributed by atoms with Crippen molar-refractivity contribution in [3.63, 3.8) is 0 Å². The first-order valence-electron chi connectivity index (χ1n) is 9.41. The largest absolute Gasteiger partial charge is 0.356 e. The van der Waals surface area contributed by atoms with Crippen molar-refractivity contribution >= 4 is 34.7 Å². The first-order chi connectivity index (χ1) is 13.5. The standard InChI is InChI=1S/C24H21Cl2NO/c1-16-23(28)15-22(17-7-11-19(25)12-8-17)27(21-5-3-2-4-6-21)24(16)18-9-13-20(26)14-10-18/h2-14,16,22,24H,15H2,1H3/t16-,22+,24-/m0/s1. The summed E-state index contributed by atoms with van der Waals surface area (Å²) in [6.45, 7) is 2.02. The Morgan fingerprint density at radius 3 is 1.89 bits per heavy atom. The Kier molecular flexibility index (Phi) is 5.43. The molecular formula is C24H21Cl2NO. The van der Waals surface area contributed by atoms with E-state index in [1.165, 1.54) is 0 Å². The van der Waals surface area contributed by atoms with E-state index in [0.29, 0.717) is 16.5 Å². The molecule has 0 aromatic heterocycles. The van der Waals surface area contributed by atoms with Crippen molar-refractivity contribution in [2.45, 2.75) is 25.4 Å². The average Bonchev–Trinajstić information content (AvgIpc) is 2.72. The molecule has 0 N–H and O–H groups in total. The third-order valence-corrected chi connectivity index (χ3v) is 6.04. The molecule has 0 aliphatic carbocycles. The van der Waals surface area contributed by atoms with Crippen molar-refractivity contribution in [2.24, 2.45) is 5.92 Å². The molecule has 0 bridgehead atoms. The minimum atomic E-state index is -0.120. The lowest BCUT2D eigenvalue weighted by Crippen LogP contribution is -2.45. The Labute approximate surface area is 175 Å². The number of Topliss-reactive ketones (excluding diaryl/α,β-unsaturated/α-hetero) is 1. The number of nitrogens with zero attached hydrogens (tertiary/aromatic N) is 1. The lowest BCUT2D eigenvalue weighted by Gasteiger charge is -2.47. The predicted octanol–water partition coefficient (Wildman–Crippen LogP) is 6.89. The van der Waals surface area contributed by atoms with E-state index in [2.05, 4.69) is 17.0 Å². The second-order valence-electron chi connectivity index (χ2n) is 7.27. The minimum Gasteiger partial charge on any atom is -0.356 e. The first-order valence-corrected chi connectivity index (χ1v) is 10.2. The van der Waals surface area contributed by atoms with Gasteiger partial charge in [0.15, 0.2) is 0 Å². The Bertz CT molecular complexity index is 954. The molecule has 3 atom stereocenters. The summed E-state index contributed by atoms with van der Waals surface area (Å²) in [5, 5.41) is 1.39. The number of ketones is 1. The van der Waals surface area contributed by atoms with Gasteiger partial charge in [-0.2, -0.15) is 0 Å². The van der Waals surface area contributed by atoms with Crippen molar-refractivity contribution in [3.05, 3.63) is 100 Å². The van der Waals surface area contributed by atoms with Gasteiger partial charge in [0.1, 0.15) is 5.78 Å². The topological polar surface area (TPSA) is 20.3 Å². The lowest BCUT2D eigenvalue weighted by molar-refractivity contribution is -0.125. The van der Waals surface area contributed by atoms with Gasteiger partial charge in [-0.05, 0) is 47.5 Å². The van der Waals surface area contributed by atoms with Gasteiger partial charge in [0.05, 0.1) is 12.1 Å². The SMILES string of the molecule is C[C@H]1C(=O)C[C@H](c2ccc(Cl)cc2)N(c2ccccc2)[C@@H]1c1ccc(Cl)cc1. The molecule has 3 aromatic carbocycles. The number of para-hydroxylation sites is 1. The highest BCUT2D eigenvalue weighted by Crippen LogP contribution is 2.46. The van der Waals surface area contributed by atoms with Crippen LogP contribution in [0.2, 0.25) is 10.0 Å². The molecule has 1 aliphatic rings. The summed E-state index contributed by atoms with van der Waals surface area (Å²) in [6.07, 6.45) is 0.474. The van der Waals surface area contributed by atoms with Crippen LogP contribution in [0.4, 0.5) is 5.69 Å². The van der Waals surface area contributed by atoms with E-state index < -0.39 is 0 Å². The third-order valence-electron chi connectivity index (χ3n) is 5.53. The Morgan fingerprint density at radius 2 is 1.32 bits per heavy atom. The van der Waals surface area contributed by atoms with Crippen LogP contribution in [0.3, 0.4) is 0 Å². The summed E-state index contributed by atoms with van der Waals surface area (Å²) in [5.41, 5.74) is 3.28. The van der Waals surface area contributed by atoms with Gasteiger partial charge in [-0.15, -0.1) is 0 Å². The predicted molar refractivity (Wildman–Crippen MR) is 116 cm³/mol. The monoisotopic (exact) mass is 409 g/mol. The maximum atomic E-state index is 13.0. The van der Waals surface area contributed by atoms with Crippen LogP contribution < -0.4 is 4.90 Å². The summed E-state index contributed by atoms with van der Waals surface area (Å²) >= 11 is 12.2. The molecule has 1 heterocycles. The van der Waals surface area contributed by atoms with Crippen molar-refractivity contribution in [1.29, 1.82) is 0 Å². The molecule has 142 valence electrons. The van der Waals surface area contributed by atoms with Crippen molar-refractivity contribution in [3.8, 4) is 0 Å². The van der Waals surface area contributed by atoms with Gasteiger partial charge in [0.25, 0.3) is 0 Å². The molecule has 0 amide bonds. The Balaban J connectivity index is 1.86. The normalized spacial score (nSPS) is 22.3. The highest BCUT2D eigenvalue weighted by molar-refractivity contribution is 6.30. The Hall–Kier alpha value is -2.29. The Morgan fingerprint density at radius 1 is 0.786 bits per heavy atom. The number of hydrogen-bond acceptors (Lipinski definition) is 2. The maximum absolute atomic E-state index is 13.0. The van der Waals surface area contributed by atoms with Gasteiger partial charge in [0, 0.05) is 28.1 Å². The van der Waals surface area contributed by atoms with E-state index in [4.69, 9.17) is 23.2 Å². The molecule has 1 aliphatic heterocycles. The van der Waals surface area contributed by atoms with Crippen LogP contribution in [-0.4, -0.2) is 5.78 Å². The van der Waals surface area contributed by atoms with Gasteiger partial charge in [-0.3, -0.25) is 4.79 Å². The zero-order valence-electron chi connectivity index (χ0n) is 15.6. The zero-order chi connectivity index (χ0) is 19.7. The summed E-state index contributed by atoms with van der Waals surface area (Å²) in [5.74, 6) is 0.150. The van der Waals surface area contributed by atoms with E-state index in [-0.39, 0.29) is 23.8 Å². The maximum Gasteiger partial charge on any atom is 0.140 e. The number of piperidine rings is 1. The van der Waals surface area contributed by atoms with Crippen LogP contribution >= 0.6 is 23.2 Å². The first kappa shape index (κ1) is 19.0. The van der Waals surface area contributed by atoms with Gasteiger partial charge < -0.3 is 4.90 Å². The van der Waals surface area contributed by atoms with Gasteiger partial charge in [-0.25, -0.2) is 0 Å². The molecule has 3 aromatic rings. The van der Waals surface area contributed by atoms with E-state index in [1.54, 1.807) is 0 Å². The second kappa shape index (κ2) is 7.98. The summed E-state index contributed by atoms with van der Waals surface area (Å²) in [4.78, 5) is 15.4. The molecule has 2 nitrogen and oxygen atoms in total. The minimum absolute atomic E-state index is 0.0518. The number of hydrogen-bond donors (Lipinski definition) is 0. The number of benzene rings is 3. The highest BCUT2D eigenvalue weighted by Gasteiger charge is 2.41. The molecule has 0 spiro atoms. The number of anilines is 1. The average molecular weight is 410 g/mol. The molecule has 0 saturated carbocycles. The van der Waals surface area contributed by atoms with Crippen molar-refractivity contribution in [1.82, 2.24) is 0 Å². The number of rotatable bonds is 3. The van der Waals surface area contributed by atoms with Crippen molar-refractivity contribution < 1.29 is 4.79 Å². The van der Waals surface area contributed by atoms with Gasteiger partial charge in [0.2, 0.25) is 0 Å². The second-order valence-corrected chi connectivity index (χ2v) is 8.14. The van der Waals surface area contributed by atoms with Crippen LogP contribution in [-0.2, 0) is 4.79 Å². The number of halogens is 2. The molecule has 0 unspecified atom stereocenters. The molecule has 4 heteroatoms. The molecular weight excluding hydrogens is 389 g/mol. The fourth-order valence-corrected chi connectivity index (χ4v) is 4.35. The van der Waals surface area contributed by atoms with Crippen LogP contribution in [0.1, 0.15) is 36.6 Å². The number of carbonyl (C=O) groups excluding carboxylic acids is 1. The quantitative estimate of drug-likeness (QED) is 0.469. The number of carbonyl (C=O) groups is 1. The molecule has 1 saturated heterocycles. The highest BCUT2D eigenvalue weighted by atomic mass is 35.5.